The Kier molecular flexibility index (Phi) is 3.16. The fourth-order valence-corrected chi connectivity index (χ4v) is 1.84. The number of hydrogen-bond acceptors (Lipinski definition) is 5. The van der Waals surface area contributed by atoms with Gasteiger partial charge in [-0.05, 0) is 18.2 Å². The van der Waals surface area contributed by atoms with Crippen molar-refractivity contribution in [1.82, 2.24) is 10.2 Å². The van der Waals surface area contributed by atoms with E-state index < -0.39 is 5.97 Å². The smallest absolute Gasteiger partial charge is 0.339 e. The molecule has 0 atom stereocenters. The van der Waals surface area contributed by atoms with Crippen molar-refractivity contribution in [3.8, 4) is 10.9 Å². The summed E-state index contributed by atoms with van der Waals surface area (Å²) < 4.78 is 5.98. The zero-order chi connectivity index (χ0) is 11.5. The third-order valence-electron chi connectivity index (χ3n) is 1.71. The van der Waals surface area contributed by atoms with Gasteiger partial charge in [-0.25, -0.2) is 4.79 Å². The van der Waals surface area contributed by atoms with Crippen molar-refractivity contribution in [3.05, 3.63) is 33.7 Å². The first kappa shape index (κ1) is 11.0. The van der Waals surface area contributed by atoms with Gasteiger partial charge < -0.3 is 9.84 Å². The second-order valence-corrected chi connectivity index (χ2v) is 4.46. The van der Waals surface area contributed by atoms with Crippen LogP contribution in [0.1, 0.15) is 10.4 Å². The third-order valence-corrected chi connectivity index (χ3v) is 2.77. The van der Waals surface area contributed by atoms with E-state index in [1.807, 2.05) is 0 Å². The Morgan fingerprint density at radius 3 is 2.94 bits per heavy atom. The minimum atomic E-state index is -1.05. The molecule has 0 saturated carbocycles. The van der Waals surface area contributed by atoms with Gasteiger partial charge in [-0.1, -0.05) is 32.4 Å². The summed E-state index contributed by atoms with van der Waals surface area (Å²) in [7, 11) is 0. The standard InChI is InChI=1S/C9H5BrN2O3S/c10-5-1-2-7(6(3-5)8(13)14)15-9-12-11-4-16-9/h1-4H,(H,13,14). The molecule has 1 aromatic carbocycles. The Labute approximate surface area is 103 Å². The molecule has 5 nitrogen and oxygen atoms in total. The lowest BCUT2D eigenvalue weighted by Crippen LogP contribution is -1.99. The maximum atomic E-state index is 11.0. The number of ether oxygens (including phenoxy) is 1. The Morgan fingerprint density at radius 2 is 2.31 bits per heavy atom. The van der Waals surface area contributed by atoms with Gasteiger partial charge in [0.25, 0.3) is 5.19 Å². The van der Waals surface area contributed by atoms with E-state index in [9.17, 15) is 4.79 Å². The number of carboxylic acid groups (broad SMARTS) is 1. The normalized spacial score (nSPS) is 10.1. The highest BCUT2D eigenvalue weighted by Crippen LogP contribution is 2.28. The molecule has 0 aliphatic heterocycles. The van der Waals surface area contributed by atoms with Crippen LogP contribution in [0, 0.1) is 0 Å². The first-order valence-corrected chi connectivity index (χ1v) is 5.81. The van der Waals surface area contributed by atoms with E-state index in [2.05, 4.69) is 26.1 Å². The van der Waals surface area contributed by atoms with Crippen LogP contribution >= 0.6 is 27.3 Å². The van der Waals surface area contributed by atoms with Gasteiger partial charge in [-0.2, -0.15) is 0 Å². The molecule has 0 aliphatic rings. The van der Waals surface area contributed by atoms with Crippen molar-refractivity contribution in [1.29, 1.82) is 0 Å². The minimum absolute atomic E-state index is 0.0737. The van der Waals surface area contributed by atoms with Crippen LogP contribution in [0.5, 0.6) is 10.9 Å². The molecule has 2 rings (SSSR count). The SMILES string of the molecule is O=C(O)c1cc(Br)ccc1Oc1nncs1. The topological polar surface area (TPSA) is 72.3 Å². The molecular weight excluding hydrogens is 296 g/mol. The average Bonchev–Trinajstić information content (AvgIpc) is 2.73. The Balaban J connectivity index is 2.36. The van der Waals surface area contributed by atoms with Gasteiger partial charge in [0, 0.05) is 4.47 Å². The van der Waals surface area contributed by atoms with Crippen LogP contribution in [0.25, 0.3) is 0 Å². The van der Waals surface area contributed by atoms with E-state index in [0.717, 1.165) is 0 Å². The van der Waals surface area contributed by atoms with Crippen LogP contribution in [0.2, 0.25) is 0 Å². The van der Waals surface area contributed by atoms with Crippen molar-refractivity contribution in [2.75, 3.05) is 0 Å². The number of carboxylic acids is 1. The monoisotopic (exact) mass is 300 g/mol. The van der Waals surface area contributed by atoms with Gasteiger partial charge in [-0.3, -0.25) is 0 Å². The number of halogens is 1. The molecule has 82 valence electrons. The van der Waals surface area contributed by atoms with E-state index >= 15 is 0 Å². The molecule has 0 unspecified atom stereocenters. The molecule has 1 aromatic heterocycles. The molecule has 0 aliphatic carbocycles. The number of aromatic nitrogens is 2. The molecular formula is C9H5BrN2O3S. The first-order valence-electron chi connectivity index (χ1n) is 4.13. The lowest BCUT2D eigenvalue weighted by Gasteiger charge is -2.05. The highest BCUT2D eigenvalue weighted by Gasteiger charge is 2.13. The number of aromatic carboxylic acids is 1. The lowest BCUT2D eigenvalue weighted by molar-refractivity contribution is 0.0694. The Hall–Kier alpha value is -1.47. The third kappa shape index (κ3) is 2.37. The largest absolute Gasteiger partial charge is 0.478 e. The summed E-state index contributed by atoms with van der Waals surface area (Å²) in [5, 5.41) is 16.6. The second-order valence-electron chi connectivity index (χ2n) is 2.75. The summed E-state index contributed by atoms with van der Waals surface area (Å²) in [5.74, 6) is -0.812. The van der Waals surface area contributed by atoms with Crippen LogP contribution < -0.4 is 4.74 Å². The van der Waals surface area contributed by atoms with E-state index in [-0.39, 0.29) is 11.3 Å². The fraction of sp³-hybridized carbons (Fsp3) is 0. The Bertz CT molecular complexity index is 515. The molecule has 0 saturated heterocycles. The van der Waals surface area contributed by atoms with Crippen LogP contribution in [-0.2, 0) is 0 Å². The van der Waals surface area contributed by atoms with Crippen molar-refractivity contribution in [3.63, 3.8) is 0 Å². The van der Waals surface area contributed by atoms with Crippen LogP contribution in [0.3, 0.4) is 0 Å². The first-order chi connectivity index (χ1) is 7.66. The van der Waals surface area contributed by atoms with E-state index in [0.29, 0.717) is 9.67 Å². The van der Waals surface area contributed by atoms with E-state index in [1.165, 1.54) is 22.9 Å². The second kappa shape index (κ2) is 4.58. The van der Waals surface area contributed by atoms with Gasteiger partial charge in [0.2, 0.25) is 0 Å². The lowest BCUT2D eigenvalue weighted by atomic mass is 10.2. The summed E-state index contributed by atoms with van der Waals surface area (Å²) in [6.45, 7) is 0. The predicted molar refractivity (Wildman–Crippen MR) is 61.1 cm³/mol. The number of hydrogen-bond donors (Lipinski definition) is 1. The van der Waals surface area contributed by atoms with E-state index in [1.54, 1.807) is 12.1 Å². The molecule has 0 amide bonds. The van der Waals surface area contributed by atoms with E-state index in [4.69, 9.17) is 9.84 Å². The molecule has 0 fully saturated rings. The molecule has 2 aromatic rings. The highest BCUT2D eigenvalue weighted by molar-refractivity contribution is 9.10. The number of rotatable bonds is 3. The average molecular weight is 301 g/mol. The van der Waals surface area contributed by atoms with Gasteiger partial charge in [0.1, 0.15) is 16.8 Å². The number of carbonyl (C=O) groups is 1. The predicted octanol–water partition coefficient (Wildman–Crippen LogP) is 2.79. The summed E-state index contributed by atoms with van der Waals surface area (Å²) in [6, 6.07) is 4.73. The van der Waals surface area contributed by atoms with Crippen molar-refractivity contribution in [2.24, 2.45) is 0 Å². The van der Waals surface area contributed by atoms with Gasteiger partial charge in [0.05, 0.1) is 0 Å². The van der Waals surface area contributed by atoms with Crippen LogP contribution in [0.15, 0.2) is 28.2 Å². The maximum Gasteiger partial charge on any atom is 0.339 e. The summed E-state index contributed by atoms with van der Waals surface area (Å²) in [5.41, 5.74) is 1.58. The van der Waals surface area contributed by atoms with Crippen LogP contribution in [0.4, 0.5) is 0 Å². The molecule has 0 radical (unpaired) electrons. The zero-order valence-electron chi connectivity index (χ0n) is 7.75. The molecule has 7 heteroatoms. The van der Waals surface area contributed by atoms with Gasteiger partial charge in [-0.15, -0.1) is 5.10 Å². The number of nitrogens with zero attached hydrogens (tertiary/aromatic N) is 2. The van der Waals surface area contributed by atoms with Crippen molar-refractivity contribution >= 4 is 33.2 Å². The Morgan fingerprint density at radius 1 is 1.50 bits per heavy atom. The molecule has 0 spiro atoms. The quantitative estimate of drug-likeness (QED) is 0.943. The summed E-state index contributed by atoms with van der Waals surface area (Å²) in [6.07, 6.45) is 0. The van der Waals surface area contributed by atoms with Gasteiger partial charge in [0.15, 0.2) is 0 Å². The minimum Gasteiger partial charge on any atom is -0.478 e. The maximum absolute atomic E-state index is 11.0. The zero-order valence-corrected chi connectivity index (χ0v) is 10.2. The van der Waals surface area contributed by atoms with Gasteiger partial charge >= 0.3 is 5.97 Å². The summed E-state index contributed by atoms with van der Waals surface area (Å²) in [4.78, 5) is 11.0. The molecule has 1 heterocycles. The molecule has 0 bridgehead atoms. The highest BCUT2D eigenvalue weighted by atomic mass is 79.9. The van der Waals surface area contributed by atoms with Crippen LogP contribution in [-0.4, -0.2) is 21.3 Å². The summed E-state index contributed by atoms with van der Waals surface area (Å²) >= 11 is 4.39. The van der Waals surface area contributed by atoms with Crippen molar-refractivity contribution < 1.29 is 14.6 Å². The molecule has 16 heavy (non-hydrogen) atoms. The molecule has 1 N–H and O–H groups in total. The van der Waals surface area contributed by atoms with Crippen molar-refractivity contribution in [2.45, 2.75) is 0 Å². The fourth-order valence-electron chi connectivity index (χ4n) is 1.06. The number of benzene rings is 1.